The molecule has 1 aromatic heterocycles. The van der Waals surface area contributed by atoms with Crippen molar-refractivity contribution in [2.75, 3.05) is 26.2 Å². The van der Waals surface area contributed by atoms with E-state index in [9.17, 15) is 9.59 Å². The van der Waals surface area contributed by atoms with Gasteiger partial charge in [0.2, 0.25) is 5.91 Å². The van der Waals surface area contributed by atoms with Crippen LogP contribution in [-0.4, -0.2) is 47.8 Å². The first-order valence-electron chi connectivity index (χ1n) is 9.80. The Morgan fingerprint density at radius 1 is 1.08 bits per heavy atom. The summed E-state index contributed by atoms with van der Waals surface area (Å²) in [4.78, 5) is 28.8. The summed E-state index contributed by atoms with van der Waals surface area (Å²) in [7, 11) is 0. The maximum atomic E-state index is 12.8. The van der Waals surface area contributed by atoms with Crippen LogP contribution in [0, 0.1) is 11.8 Å². The average molecular weight is 346 g/mol. The van der Waals surface area contributed by atoms with Gasteiger partial charge in [0.05, 0.1) is 6.26 Å². The van der Waals surface area contributed by atoms with Gasteiger partial charge in [0.25, 0.3) is 5.91 Å². The van der Waals surface area contributed by atoms with Gasteiger partial charge in [0.15, 0.2) is 5.76 Å². The number of carbonyl (C=O) groups is 2. The van der Waals surface area contributed by atoms with Crippen molar-refractivity contribution in [3.8, 4) is 0 Å². The second kappa shape index (κ2) is 8.54. The molecule has 1 aliphatic heterocycles. The predicted octanol–water partition coefficient (Wildman–Crippen LogP) is 3.56. The second-order valence-corrected chi connectivity index (χ2v) is 7.45. The van der Waals surface area contributed by atoms with Gasteiger partial charge in [0, 0.05) is 32.1 Å². The van der Waals surface area contributed by atoms with E-state index in [0.717, 1.165) is 18.8 Å². The summed E-state index contributed by atoms with van der Waals surface area (Å²) in [5.41, 5.74) is 0. The molecule has 1 aromatic rings. The number of piperazine rings is 1. The van der Waals surface area contributed by atoms with Crippen molar-refractivity contribution in [1.82, 2.24) is 9.80 Å². The molecule has 1 saturated carbocycles. The Bertz CT molecular complexity index is 554. The Balaban J connectivity index is 1.44. The van der Waals surface area contributed by atoms with Crippen molar-refractivity contribution in [3.63, 3.8) is 0 Å². The van der Waals surface area contributed by atoms with Crippen LogP contribution < -0.4 is 0 Å². The van der Waals surface area contributed by atoms with Crippen LogP contribution >= 0.6 is 0 Å². The molecule has 25 heavy (non-hydrogen) atoms. The van der Waals surface area contributed by atoms with Crippen molar-refractivity contribution in [2.24, 2.45) is 11.8 Å². The van der Waals surface area contributed by atoms with Crippen molar-refractivity contribution >= 4 is 11.8 Å². The standard InChI is InChI=1S/C20H30N2O3/c1-2-3-5-16-7-9-17(10-8-16)19(23)21-11-13-22(14-12-21)20(24)18-6-4-15-25-18/h4,6,15-17H,2-3,5,7-14H2,1H3. The predicted molar refractivity (Wildman–Crippen MR) is 96.2 cm³/mol. The number of hydrogen-bond acceptors (Lipinski definition) is 3. The molecule has 2 fully saturated rings. The van der Waals surface area contributed by atoms with Crippen LogP contribution in [0.25, 0.3) is 0 Å². The molecule has 0 atom stereocenters. The van der Waals surface area contributed by atoms with Crippen LogP contribution in [0.1, 0.15) is 62.4 Å². The third-order valence-corrected chi connectivity index (χ3v) is 5.77. The van der Waals surface area contributed by atoms with E-state index in [-0.39, 0.29) is 11.8 Å². The highest BCUT2D eigenvalue weighted by Crippen LogP contribution is 2.33. The smallest absolute Gasteiger partial charge is 0.289 e. The summed E-state index contributed by atoms with van der Waals surface area (Å²) in [6, 6.07) is 3.42. The van der Waals surface area contributed by atoms with Crippen molar-refractivity contribution in [1.29, 1.82) is 0 Å². The Labute approximate surface area is 150 Å². The van der Waals surface area contributed by atoms with Gasteiger partial charge in [-0.2, -0.15) is 0 Å². The minimum Gasteiger partial charge on any atom is -0.459 e. The average Bonchev–Trinajstić information content (AvgIpc) is 3.20. The lowest BCUT2D eigenvalue weighted by Gasteiger charge is -2.37. The van der Waals surface area contributed by atoms with Gasteiger partial charge in [-0.3, -0.25) is 9.59 Å². The van der Waals surface area contributed by atoms with E-state index in [1.807, 2.05) is 4.90 Å². The number of furan rings is 1. The first kappa shape index (κ1) is 18.0. The second-order valence-electron chi connectivity index (χ2n) is 7.45. The molecule has 138 valence electrons. The maximum absolute atomic E-state index is 12.8. The van der Waals surface area contributed by atoms with Gasteiger partial charge in [-0.25, -0.2) is 0 Å². The highest BCUT2D eigenvalue weighted by atomic mass is 16.3. The highest BCUT2D eigenvalue weighted by molar-refractivity contribution is 5.91. The molecule has 3 rings (SSSR count). The molecule has 0 radical (unpaired) electrons. The Morgan fingerprint density at radius 3 is 2.36 bits per heavy atom. The molecular weight excluding hydrogens is 316 g/mol. The van der Waals surface area contributed by atoms with Gasteiger partial charge in [-0.15, -0.1) is 0 Å². The van der Waals surface area contributed by atoms with Gasteiger partial charge in [0.1, 0.15) is 0 Å². The van der Waals surface area contributed by atoms with E-state index < -0.39 is 0 Å². The Hall–Kier alpha value is -1.78. The molecular formula is C20H30N2O3. The summed E-state index contributed by atoms with van der Waals surface area (Å²) >= 11 is 0. The van der Waals surface area contributed by atoms with Crippen LogP contribution in [0.5, 0.6) is 0 Å². The first-order chi connectivity index (χ1) is 12.2. The molecule has 5 heteroatoms. The van der Waals surface area contributed by atoms with Gasteiger partial charge >= 0.3 is 0 Å². The summed E-state index contributed by atoms with van der Waals surface area (Å²) in [6.45, 7) is 4.71. The number of carbonyl (C=O) groups excluding carboxylic acids is 2. The topological polar surface area (TPSA) is 53.8 Å². The molecule has 0 bridgehead atoms. The fourth-order valence-electron chi connectivity index (χ4n) is 4.14. The molecule has 2 heterocycles. The SMILES string of the molecule is CCCCC1CCC(C(=O)N2CCN(C(=O)c3ccco3)CC2)CC1. The number of rotatable bonds is 5. The number of amides is 2. The third-order valence-electron chi connectivity index (χ3n) is 5.77. The Kier molecular flexibility index (Phi) is 6.16. The van der Waals surface area contributed by atoms with E-state index in [1.54, 1.807) is 17.0 Å². The summed E-state index contributed by atoms with van der Waals surface area (Å²) in [5, 5.41) is 0. The zero-order valence-corrected chi connectivity index (χ0v) is 15.3. The first-order valence-corrected chi connectivity index (χ1v) is 9.80. The van der Waals surface area contributed by atoms with Crippen LogP contribution in [0.3, 0.4) is 0 Å². The molecule has 0 aromatic carbocycles. The molecule has 5 nitrogen and oxygen atoms in total. The molecule has 2 amide bonds. The maximum Gasteiger partial charge on any atom is 0.289 e. The zero-order chi connectivity index (χ0) is 17.6. The van der Waals surface area contributed by atoms with Crippen LogP contribution in [0.15, 0.2) is 22.8 Å². The molecule has 0 N–H and O–H groups in total. The van der Waals surface area contributed by atoms with E-state index in [0.29, 0.717) is 37.8 Å². The lowest BCUT2D eigenvalue weighted by atomic mass is 9.79. The van der Waals surface area contributed by atoms with Gasteiger partial charge in [-0.05, 0) is 43.7 Å². The van der Waals surface area contributed by atoms with Crippen LogP contribution in [-0.2, 0) is 4.79 Å². The minimum absolute atomic E-state index is 0.0754. The van der Waals surface area contributed by atoms with E-state index in [1.165, 1.54) is 38.4 Å². The zero-order valence-electron chi connectivity index (χ0n) is 15.3. The van der Waals surface area contributed by atoms with E-state index in [2.05, 4.69) is 6.92 Å². The Morgan fingerprint density at radius 2 is 1.76 bits per heavy atom. The van der Waals surface area contributed by atoms with Gasteiger partial charge < -0.3 is 14.2 Å². The van der Waals surface area contributed by atoms with E-state index >= 15 is 0 Å². The van der Waals surface area contributed by atoms with Crippen LogP contribution in [0.2, 0.25) is 0 Å². The number of unbranched alkanes of at least 4 members (excludes halogenated alkanes) is 1. The third kappa shape index (κ3) is 4.44. The van der Waals surface area contributed by atoms with Crippen molar-refractivity contribution in [3.05, 3.63) is 24.2 Å². The van der Waals surface area contributed by atoms with Crippen LogP contribution in [0.4, 0.5) is 0 Å². The quantitative estimate of drug-likeness (QED) is 0.819. The molecule has 0 spiro atoms. The minimum atomic E-state index is -0.0754. The summed E-state index contributed by atoms with van der Waals surface area (Å²) in [5.74, 6) is 1.63. The number of hydrogen-bond donors (Lipinski definition) is 0. The largest absolute Gasteiger partial charge is 0.459 e. The van der Waals surface area contributed by atoms with Gasteiger partial charge in [-0.1, -0.05) is 26.2 Å². The fraction of sp³-hybridized carbons (Fsp3) is 0.700. The van der Waals surface area contributed by atoms with E-state index in [4.69, 9.17) is 4.42 Å². The summed E-state index contributed by atoms with van der Waals surface area (Å²) < 4.78 is 5.18. The van der Waals surface area contributed by atoms with Crippen molar-refractivity contribution < 1.29 is 14.0 Å². The number of nitrogens with zero attached hydrogens (tertiary/aromatic N) is 2. The highest BCUT2D eigenvalue weighted by Gasteiger charge is 2.32. The molecule has 0 unspecified atom stereocenters. The fourth-order valence-corrected chi connectivity index (χ4v) is 4.14. The lowest BCUT2D eigenvalue weighted by molar-refractivity contribution is -0.138. The molecule has 1 aliphatic carbocycles. The van der Waals surface area contributed by atoms with Crippen molar-refractivity contribution in [2.45, 2.75) is 51.9 Å². The summed E-state index contributed by atoms with van der Waals surface area (Å²) in [6.07, 6.45) is 9.90. The lowest BCUT2D eigenvalue weighted by Crippen LogP contribution is -2.52. The molecule has 2 aliphatic rings. The monoisotopic (exact) mass is 346 g/mol. The molecule has 1 saturated heterocycles. The normalized spacial score (nSPS) is 24.4.